The van der Waals surface area contributed by atoms with Crippen LogP contribution in [0.4, 0.5) is 0 Å². The largest absolute Gasteiger partial charge is 0.388 e. The number of ether oxygens (including phenoxy) is 1. The molecule has 0 bridgehead atoms. The number of rotatable bonds is 1. The van der Waals surface area contributed by atoms with Crippen molar-refractivity contribution in [3.8, 4) is 0 Å². The molecule has 0 aliphatic rings. The Labute approximate surface area is 57.8 Å². The van der Waals surface area contributed by atoms with Crippen molar-refractivity contribution in [2.45, 2.75) is 13.8 Å². The third kappa shape index (κ3) is 352. The quantitative estimate of drug-likeness (QED) is 0.406. The van der Waals surface area contributed by atoms with Gasteiger partial charge in [-0.25, -0.2) is 9.78 Å². The summed E-state index contributed by atoms with van der Waals surface area (Å²) in [7, 11) is 6.17. The van der Waals surface area contributed by atoms with Gasteiger partial charge in [0.05, 0.1) is 14.2 Å². The summed E-state index contributed by atoms with van der Waals surface area (Å²) in [6.45, 7) is 4.00. The molecule has 0 aliphatic carbocycles. The first-order valence-electron chi connectivity index (χ1n) is 2.80. The molecule has 0 saturated carbocycles. The lowest BCUT2D eigenvalue weighted by molar-refractivity contribution is -0.248. The van der Waals surface area contributed by atoms with E-state index in [2.05, 4.69) is 14.5 Å². The fourth-order valence-corrected chi connectivity index (χ4v) is 0. The lowest BCUT2D eigenvalue weighted by Crippen LogP contribution is -1.72. The summed E-state index contributed by atoms with van der Waals surface area (Å²) in [5.74, 6) is 0. The van der Waals surface area contributed by atoms with Crippen molar-refractivity contribution >= 4 is 0 Å². The van der Waals surface area contributed by atoms with E-state index in [0.717, 1.165) is 0 Å². The number of methoxy groups -OCH3 is 1. The number of hydrogen-bond acceptors (Lipinski definition) is 3. The van der Waals surface area contributed by atoms with Crippen molar-refractivity contribution in [2.75, 3.05) is 28.4 Å². The molecule has 0 N–H and O–H groups in total. The maximum atomic E-state index is 4.25. The van der Waals surface area contributed by atoms with Gasteiger partial charge in [-0.05, 0) is 0 Å². The minimum atomic E-state index is 1.46. The Balaban J connectivity index is -0.0000000646. The molecular weight excluding hydrogens is 120 g/mol. The molecule has 0 radical (unpaired) electrons. The monoisotopic (exact) mass is 138 g/mol. The van der Waals surface area contributed by atoms with Crippen LogP contribution >= 0.6 is 0 Å². The second kappa shape index (κ2) is 45.0. The first-order valence-corrected chi connectivity index (χ1v) is 2.80. The molecular formula is C6H18O3. The summed E-state index contributed by atoms with van der Waals surface area (Å²) < 4.78 is 4.25. The van der Waals surface area contributed by atoms with Crippen LogP contribution in [0.1, 0.15) is 13.8 Å². The summed E-state index contributed by atoms with van der Waals surface area (Å²) in [5.41, 5.74) is 0. The van der Waals surface area contributed by atoms with E-state index in [1.807, 2.05) is 13.8 Å². The van der Waals surface area contributed by atoms with Crippen LogP contribution in [0.3, 0.4) is 0 Å². The average Bonchev–Trinajstić information content (AvgIpc) is 1.94. The SMILES string of the molecule is CC.COC.COOC. The molecule has 60 valence electrons. The predicted octanol–water partition coefficient (Wildman–Crippen LogP) is 1.48. The van der Waals surface area contributed by atoms with Gasteiger partial charge in [0.15, 0.2) is 0 Å². The molecule has 0 unspecified atom stereocenters. The molecule has 0 fully saturated rings. The average molecular weight is 138 g/mol. The Bertz CT molecular complexity index is 15.8. The van der Waals surface area contributed by atoms with Gasteiger partial charge in [-0.2, -0.15) is 0 Å². The third-order valence-electron chi connectivity index (χ3n) is 0.167. The lowest BCUT2D eigenvalue weighted by Gasteiger charge is -1.78. The fraction of sp³-hybridized carbons (Fsp3) is 1.00. The van der Waals surface area contributed by atoms with Crippen LogP contribution in [0.25, 0.3) is 0 Å². The molecule has 0 saturated heterocycles. The molecule has 0 spiro atoms. The molecule has 0 aromatic heterocycles. The van der Waals surface area contributed by atoms with E-state index in [4.69, 9.17) is 0 Å². The van der Waals surface area contributed by atoms with Crippen LogP contribution in [0.15, 0.2) is 0 Å². The third-order valence-corrected chi connectivity index (χ3v) is 0.167. The van der Waals surface area contributed by atoms with Gasteiger partial charge >= 0.3 is 0 Å². The molecule has 9 heavy (non-hydrogen) atoms. The second-order valence-corrected chi connectivity index (χ2v) is 0.742. The zero-order chi connectivity index (χ0) is 8.12. The molecule has 0 aromatic rings. The van der Waals surface area contributed by atoms with Crippen LogP contribution in [-0.4, -0.2) is 28.4 Å². The Morgan fingerprint density at radius 1 is 0.667 bits per heavy atom. The van der Waals surface area contributed by atoms with E-state index >= 15 is 0 Å². The number of hydrogen-bond donors (Lipinski definition) is 0. The van der Waals surface area contributed by atoms with Crippen molar-refractivity contribution in [3.63, 3.8) is 0 Å². The molecule has 0 atom stereocenters. The summed E-state index contributed by atoms with van der Waals surface area (Å²) in [5, 5.41) is 0. The van der Waals surface area contributed by atoms with Crippen molar-refractivity contribution in [2.24, 2.45) is 0 Å². The van der Waals surface area contributed by atoms with Crippen molar-refractivity contribution in [3.05, 3.63) is 0 Å². The zero-order valence-electron chi connectivity index (χ0n) is 7.22. The standard InChI is InChI=1S/C2H6O2.C2H6O.C2H6/c1-3-4-2;1-3-2;1-2/h1-2H3;1-2H3;1-2H3. The summed E-state index contributed by atoms with van der Waals surface area (Å²) >= 11 is 0. The van der Waals surface area contributed by atoms with Gasteiger partial charge in [-0.1, -0.05) is 13.8 Å². The first-order chi connectivity index (χ1) is 4.33. The van der Waals surface area contributed by atoms with Gasteiger partial charge in [0, 0.05) is 14.2 Å². The summed E-state index contributed by atoms with van der Waals surface area (Å²) in [6.07, 6.45) is 0. The highest BCUT2D eigenvalue weighted by atomic mass is 17.2. The van der Waals surface area contributed by atoms with E-state index in [1.54, 1.807) is 14.2 Å². The summed E-state index contributed by atoms with van der Waals surface area (Å²) in [6, 6.07) is 0. The Morgan fingerprint density at radius 3 is 0.778 bits per heavy atom. The van der Waals surface area contributed by atoms with E-state index in [0.29, 0.717) is 0 Å². The smallest absolute Gasteiger partial charge is 0.0712 e. The Kier molecular flexibility index (Phi) is 79.7. The highest BCUT2D eigenvalue weighted by Gasteiger charge is 1.47. The van der Waals surface area contributed by atoms with Crippen molar-refractivity contribution in [1.29, 1.82) is 0 Å². The summed E-state index contributed by atoms with van der Waals surface area (Å²) in [4.78, 5) is 8.08. The topological polar surface area (TPSA) is 27.7 Å². The predicted molar refractivity (Wildman–Crippen MR) is 38.3 cm³/mol. The van der Waals surface area contributed by atoms with Crippen LogP contribution in [0.5, 0.6) is 0 Å². The van der Waals surface area contributed by atoms with Gasteiger partial charge in [-0.3, -0.25) is 0 Å². The van der Waals surface area contributed by atoms with Crippen LogP contribution in [0.2, 0.25) is 0 Å². The molecule has 0 rings (SSSR count). The van der Waals surface area contributed by atoms with Crippen LogP contribution in [0, 0.1) is 0 Å². The van der Waals surface area contributed by atoms with Gasteiger partial charge < -0.3 is 4.74 Å². The zero-order valence-corrected chi connectivity index (χ0v) is 7.22. The maximum absolute atomic E-state index is 4.25. The van der Waals surface area contributed by atoms with E-state index in [1.165, 1.54) is 14.2 Å². The van der Waals surface area contributed by atoms with Gasteiger partial charge in [-0.15, -0.1) is 0 Å². The van der Waals surface area contributed by atoms with E-state index in [9.17, 15) is 0 Å². The normalized spacial score (nSPS) is 6.00. The van der Waals surface area contributed by atoms with Gasteiger partial charge in [0.1, 0.15) is 0 Å². The Morgan fingerprint density at radius 2 is 0.778 bits per heavy atom. The van der Waals surface area contributed by atoms with Crippen LogP contribution in [-0.2, 0) is 14.5 Å². The lowest BCUT2D eigenvalue weighted by atomic mass is 11.0. The minimum absolute atomic E-state index is 1.46. The maximum Gasteiger partial charge on any atom is 0.0712 e. The highest BCUT2D eigenvalue weighted by molar-refractivity contribution is 3.56. The van der Waals surface area contributed by atoms with E-state index in [-0.39, 0.29) is 0 Å². The molecule has 0 aliphatic heterocycles. The van der Waals surface area contributed by atoms with Crippen molar-refractivity contribution in [1.82, 2.24) is 0 Å². The highest BCUT2D eigenvalue weighted by Crippen LogP contribution is 1.52. The second-order valence-electron chi connectivity index (χ2n) is 0.742. The minimum Gasteiger partial charge on any atom is -0.388 e. The molecule has 3 nitrogen and oxygen atoms in total. The fourth-order valence-electron chi connectivity index (χ4n) is 0. The van der Waals surface area contributed by atoms with Crippen molar-refractivity contribution < 1.29 is 14.5 Å². The molecule has 0 aromatic carbocycles. The van der Waals surface area contributed by atoms with Crippen LogP contribution < -0.4 is 0 Å². The first kappa shape index (κ1) is 15.9. The Hall–Kier alpha value is -0.120. The molecule has 0 heterocycles. The van der Waals surface area contributed by atoms with Gasteiger partial charge in [0.25, 0.3) is 0 Å². The molecule has 3 heteroatoms. The molecule has 0 amide bonds. The van der Waals surface area contributed by atoms with Gasteiger partial charge in [0.2, 0.25) is 0 Å². The van der Waals surface area contributed by atoms with E-state index < -0.39 is 0 Å².